The summed E-state index contributed by atoms with van der Waals surface area (Å²) in [5.74, 6) is -0.259. The van der Waals surface area contributed by atoms with Gasteiger partial charge in [0.25, 0.3) is 5.91 Å². The number of carbonyl (C=O) groups is 2. The first-order chi connectivity index (χ1) is 12.8. The minimum Gasteiger partial charge on any atom is -0.494 e. The van der Waals surface area contributed by atoms with Crippen molar-refractivity contribution in [2.75, 3.05) is 46.4 Å². The minimum atomic E-state index is -0.816. The molecule has 2 fully saturated rings. The maximum absolute atomic E-state index is 13.8. The molecule has 0 aliphatic carbocycles. The van der Waals surface area contributed by atoms with Crippen LogP contribution in [0, 0.1) is 5.82 Å². The van der Waals surface area contributed by atoms with Crippen LogP contribution in [0.4, 0.5) is 9.18 Å². The summed E-state index contributed by atoms with van der Waals surface area (Å²) in [7, 11) is 1.46. The molecule has 0 spiro atoms. The number of benzene rings is 1. The number of halogens is 1. The normalized spacial score (nSPS) is 20.8. The summed E-state index contributed by atoms with van der Waals surface area (Å²) in [6.45, 7) is 8.62. The third-order valence-electron chi connectivity index (χ3n) is 5.17. The Balaban J connectivity index is 1.45. The predicted octanol–water partition coefficient (Wildman–Crippen LogP) is 1.28. The van der Waals surface area contributed by atoms with Crippen LogP contribution in [-0.4, -0.2) is 78.6 Å². The van der Waals surface area contributed by atoms with Crippen molar-refractivity contribution in [2.45, 2.75) is 25.9 Å². The van der Waals surface area contributed by atoms with E-state index in [4.69, 9.17) is 4.74 Å². The van der Waals surface area contributed by atoms with E-state index in [0.717, 1.165) is 31.7 Å². The van der Waals surface area contributed by atoms with Crippen LogP contribution in [-0.2, 0) is 11.3 Å². The van der Waals surface area contributed by atoms with Gasteiger partial charge in [-0.15, -0.1) is 0 Å². The number of ether oxygens (including phenoxy) is 1. The summed E-state index contributed by atoms with van der Waals surface area (Å²) >= 11 is 0. The van der Waals surface area contributed by atoms with Gasteiger partial charge in [0.2, 0.25) is 0 Å². The summed E-state index contributed by atoms with van der Waals surface area (Å²) in [5.41, 5.74) is 0.104. The minimum absolute atomic E-state index is 0.173. The molecular weight excluding hydrogens is 351 g/mol. The Morgan fingerprint density at radius 2 is 1.78 bits per heavy atom. The Hall–Kier alpha value is -2.19. The van der Waals surface area contributed by atoms with Crippen molar-refractivity contribution in [3.63, 3.8) is 0 Å². The number of nitrogens with one attached hydrogen (secondary N) is 1. The van der Waals surface area contributed by atoms with Crippen molar-refractivity contribution in [2.24, 2.45) is 0 Å². The van der Waals surface area contributed by atoms with Crippen molar-refractivity contribution in [1.82, 2.24) is 20.0 Å². The number of piperazine rings is 1. The number of imide groups is 1. The van der Waals surface area contributed by atoms with Gasteiger partial charge in [-0.05, 0) is 31.5 Å². The molecule has 1 N–H and O–H groups in total. The largest absolute Gasteiger partial charge is 0.494 e. The highest BCUT2D eigenvalue weighted by molar-refractivity contribution is 6.06. The first kappa shape index (κ1) is 19.6. The van der Waals surface area contributed by atoms with Crippen LogP contribution in [0.5, 0.6) is 5.75 Å². The molecule has 0 atom stereocenters. The van der Waals surface area contributed by atoms with Crippen molar-refractivity contribution < 1.29 is 18.7 Å². The quantitative estimate of drug-likeness (QED) is 0.756. The van der Waals surface area contributed by atoms with Crippen LogP contribution in [0.15, 0.2) is 18.2 Å². The van der Waals surface area contributed by atoms with E-state index in [-0.39, 0.29) is 23.5 Å². The molecule has 1 aromatic carbocycles. The number of urea groups is 1. The first-order valence-electron chi connectivity index (χ1n) is 9.21. The van der Waals surface area contributed by atoms with Crippen LogP contribution < -0.4 is 10.1 Å². The number of amides is 3. The fourth-order valence-electron chi connectivity index (χ4n) is 3.50. The van der Waals surface area contributed by atoms with E-state index in [2.05, 4.69) is 15.1 Å². The molecule has 3 rings (SSSR count). The standard InChI is InChI=1S/C19H27FN4O3/c1-19(2)17(25)24(18(26)21-19)11-10-22-6-8-23(9-7-22)13-14-4-5-16(27-3)15(20)12-14/h4-5,12H,6-11,13H2,1-3H3,(H,21,26). The zero-order valence-corrected chi connectivity index (χ0v) is 16.1. The molecule has 0 aromatic heterocycles. The van der Waals surface area contributed by atoms with E-state index in [1.165, 1.54) is 18.1 Å². The van der Waals surface area contributed by atoms with Gasteiger partial charge < -0.3 is 10.1 Å². The molecule has 8 heteroatoms. The molecule has 27 heavy (non-hydrogen) atoms. The molecule has 0 unspecified atom stereocenters. The lowest BCUT2D eigenvalue weighted by molar-refractivity contribution is -0.130. The van der Waals surface area contributed by atoms with Gasteiger partial charge in [0.05, 0.1) is 7.11 Å². The zero-order valence-electron chi connectivity index (χ0n) is 16.1. The topological polar surface area (TPSA) is 65.1 Å². The molecule has 7 nitrogen and oxygen atoms in total. The highest BCUT2D eigenvalue weighted by Gasteiger charge is 2.44. The SMILES string of the molecule is COc1ccc(CN2CCN(CCN3C(=O)NC(C)(C)C3=O)CC2)cc1F. The van der Waals surface area contributed by atoms with Crippen LogP contribution >= 0.6 is 0 Å². The lowest BCUT2D eigenvalue weighted by Crippen LogP contribution is -2.49. The van der Waals surface area contributed by atoms with E-state index < -0.39 is 5.54 Å². The summed E-state index contributed by atoms with van der Waals surface area (Å²) in [6.07, 6.45) is 0. The number of carbonyl (C=O) groups excluding carboxylic acids is 2. The van der Waals surface area contributed by atoms with Crippen LogP contribution in [0.25, 0.3) is 0 Å². The monoisotopic (exact) mass is 378 g/mol. The van der Waals surface area contributed by atoms with Gasteiger partial charge in [-0.3, -0.25) is 19.5 Å². The van der Waals surface area contributed by atoms with Gasteiger partial charge in [-0.1, -0.05) is 6.07 Å². The molecule has 0 bridgehead atoms. The first-order valence-corrected chi connectivity index (χ1v) is 9.21. The molecule has 2 saturated heterocycles. The summed E-state index contributed by atoms with van der Waals surface area (Å²) in [5, 5.41) is 2.70. The van der Waals surface area contributed by atoms with E-state index in [1.54, 1.807) is 19.9 Å². The summed E-state index contributed by atoms with van der Waals surface area (Å²) in [4.78, 5) is 30.0. The second-order valence-electron chi connectivity index (χ2n) is 7.60. The van der Waals surface area contributed by atoms with Crippen molar-refractivity contribution >= 4 is 11.9 Å². The van der Waals surface area contributed by atoms with E-state index in [1.807, 2.05) is 6.07 Å². The van der Waals surface area contributed by atoms with Gasteiger partial charge in [-0.2, -0.15) is 0 Å². The fraction of sp³-hybridized carbons (Fsp3) is 0.579. The Labute approximate surface area is 159 Å². The molecule has 0 saturated carbocycles. The van der Waals surface area contributed by atoms with Crippen molar-refractivity contribution in [3.05, 3.63) is 29.6 Å². The molecule has 2 aliphatic heterocycles. The lowest BCUT2D eigenvalue weighted by atomic mass is 10.1. The molecule has 1 aromatic rings. The van der Waals surface area contributed by atoms with Crippen molar-refractivity contribution in [3.8, 4) is 5.75 Å². The Morgan fingerprint density at radius 1 is 1.11 bits per heavy atom. The molecule has 2 aliphatic rings. The Morgan fingerprint density at radius 3 is 2.33 bits per heavy atom. The van der Waals surface area contributed by atoms with Crippen LogP contribution in [0.1, 0.15) is 19.4 Å². The van der Waals surface area contributed by atoms with Crippen LogP contribution in [0.2, 0.25) is 0 Å². The fourth-order valence-corrected chi connectivity index (χ4v) is 3.50. The zero-order chi connectivity index (χ0) is 19.6. The molecule has 3 amide bonds. The number of methoxy groups -OCH3 is 1. The maximum Gasteiger partial charge on any atom is 0.325 e. The van der Waals surface area contributed by atoms with Gasteiger partial charge in [0.15, 0.2) is 11.6 Å². The van der Waals surface area contributed by atoms with Gasteiger partial charge >= 0.3 is 6.03 Å². The highest BCUT2D eigenvalue weighted by Crippen LogP contribution is 2.19. The average molecular weight is 378 g/mol. The summed E-state index contributed by atoms with van der Waals surface area (Å²) in [6, 6.07) is 4.74. The Bertz CT molecular complexity index is 717. The number of hydrogen-bond acceptors (Lipinski definition) is 5. The van der Waals surface area contributed by atoms with Gasteiger partial charge in [0, 0.05) is 45.8 Å². The number of rotatable bonds is 6. The summed E-state index contributed by atoms with van der Waals surface area (Å²) < 4.78 is 18.8. The highest BCUT2D eigenvalue weighted by atomic mass is 19.1. The molecular formula is C19H27FN4O3. The van der Waals surface area contributed by atoms with E-state index in [0.29, 0.717) is 19.6 Å². The maximum atomic E-state index is 13.8. The molecule has 2 heterocycles. The van der Waals surface area contributed by atoms with Gasteiger partial charge in [-0.25, -0.2) is 9.18 Å². The lowest BCUT2D eigenvalue weighted by Gasteiger charge is -2.35. The second kappa shape index (κ2) is 7.82. The number of hydrogen-bond donors (Lipinski definition) is 1. The van der Waals surface area contributed by atoms with Crippen LogP contribution in [0.3, 0.4) is 0 Å². The average Bonchev–Trinajstić information content (AvgIpc) is 2.82. The third kappa shape index (κ3) is 4.39. The van der Waals surface area contributed by atoms with E-state index >= 15 is 0 Å². The van der Waals surface area contributed by atoms with Gasteiger partial charge in [0.1, 0.15) is 5.54 Å². The smallest absolute Gasteiger partial charge is 0.325 e. The molecule has 0 radical (unpaired) electrons. The third-order valence-corrected chi connectivity index (χ3v) is 5.17. The Kier molecular flexibility index (Phi) is 5.67. The number of nitrogens with zero attached hydrogens (tertiary/aromatic N) is 3. The van der Waals surface area contributed by atoms with E-state index in [9.17, 15) is 14.0 Å². The molecule has 148 valence electrons. The van der Waals surface area contributed by atoms with Crippen molar-refractivity contribution in [1.29, 1.82) is 0 Å². The second-order valence-corrected chi connectivity index (χ2v) is 7.60. The predicted molar refractivity (Wildman–Crippen MR) is 99.0 cm³/mol.